The molecule has 3 heterocycles. The van der Waals surface area contributed by atoms with Gasteiger partial charge in [0.05, 0.1) is 17.9 Å². The molecule has 11 heteroatoms. The van der Waals surface area contributed by atoms with Crippen molar-refractivity contribution in [2.45, 2.75) is 24.5 Å². The summed E-state index contributed by atoms with van der Waals surface area (Å²) >= 11 is 6.34. The highest BCUT2D eigenvalue weighted by Crippen LogP contribution is 2.45. The number of H-pyrrole nitrogens is 1. The van der Waals surface area contributed by atoms with E-state index >= 15 is 0 Å². The number of carbonyl (C=O) groups is 4. The molecule has 40 heavy (non-hydrogen) atoms. The second kappa shape index (κ2) is 9.82. The number of imide groups is 1. The van der Waals surface area contributed by atoms with Crippen LogP contribution in [-0.4, -0.2) is 62.6 Å². The number of nitrogens with one attached hydrogen (secondary N) is 2. The van der Waals surface area contributed by atoms with E-state index in [9.17, 15) is 29.4 Å². The first-order chi connectivity index (χ1) is 19.3. The van der Waals surface area contributed by atoms with Gasteiger partial charge in [-0.2, -0.15) is 0 Å². The molecule has 3 unspecified atom stereocenters. The normalized spacial score (nSPS) is 18.9. The number of benzene rings is 3. The Hall–Kier alpha value is -4.67. The molecule has 202 valence electrons. The number of carbonyl (C=O) groups excluding carboxylic acids is 3. The van der Waals surface area contributed by atoms with Gasteiger partial charge in [-0.15, -0.1) is 0 Å². The number of aromatic amines is 1. The molecule has 0 bridgehead atoms. The van der Waals surface area contributed by atoms with Crippen LogP contribution in [0.1, 0.15) is 33.2 Å². The SMILES string of the molecule is O=C(NC(CO)C(=O)O)c1ccccc1N1C(=O)C2Cc3c([nH]c4ccccc34)C(c3cccc(Cl)c3)N2C1=O. The Morgan fingerprint density at radius 1 is 1.05 bits per heavy atom. The van der Waals surface area contributed by atoms with Gasteiger partial charge in [-0.25, -0.2) is 14.5 Å². The minimum absolute atomic E-state index is 0.0184. The van der Waals surface area contributed by atoms with Crippen LogP contribution in [0.2, 0.25) is 5.02 Å². The summed E-state index contributed by atoms with van der Waals surface area (Å²) in [5.41, 5.74) is 3.24. The van der Waals surface area contributed by atoms with E-state index in [1.54, 1.807) is 24.3 Å². The summed E-state index contributed by atoms with van der Waals surface area (Å²) in [6.45, 7) is -0.826. The number of aliphatic carboxylic acids is 1. The lowest BCUT2D eigenvalue weighted by molar-refractivity contribution is -0.140. The number of rotatable bonds is 6. The zero-order valence-corrected chi connectivity index (χ0v) is 21.6. The summed E-state index contributed by atoms with van der Waals surface area (Å²) in [6.07, 6.45) is 0.261. The van der Waals surface area contributed by atoms with E-state index in [1.165, 1.54) is 23.1 Å². The molecule has 3 aromatic carbocycles. The van der Waals surface area contributed by atoms with Crippen molar-refractivity contribution in [3.8, 4) is 0 Å². The third-order valence-corrected chi connectivity index (χ3v) is 7.62. The lowest BCUT2D eigenvalue weighted by Gasteiger charge is -2.36. The number of urea groups is 1. The van der Waals surface area contributed by atoms with Crippen LogP contribution < -0.4 is 10.2 Å². The molecule has 6 rings (SSSR count). The molecule has 4 amide bonds. The molecule has 0 spiro atoms. The molecule has 0 radical (unpaired) electrons. The first kappa shape index (κ1) is 25.6. The van der Waals surface area contributed by atoms with Gasteiger partial charge in [0, 0.05) is 28.0 Å². The fraction of sp³-hybridized carbons (Fsp3) is 0.172. The molecular formula is C29H23ClN4O6. The number of aliphatic hydroxyl groups is 1. The number of amides is 4. The third-order valence-electron chi connectivity index (χ3n) is 7.39. The van der Waals surface area contributed by atoms with E-state index in [-0.39, 0.29) is 17.7 Å². The maximum atomic E-state index is 14.1. The summed E-state index contributed by atoms with van der Waals surface area (Å²) < 4.78 is 0. The minimum atomic E-state index is -1.55. The van der Waals surface area contributed by atoms with E-state index in [1.807, 2.05) is 30.3 Å². The Kier molecular flexibility index (Phi) is 6.28. The van der Waals surface area contributed by atoms with Crippen LogP contribution >= 0.6 is 11.6 Å². The van der Waals surface area contributed by atoms with Gasteiger partial charge >= 0.3 is 12.0 Å². The fourth-order valence-electron chi connectivity index (χ4n) is 5.60. The predicted molar refractivity (Wildman–Crippen MR) is 146 cm³/mol. The number of fused-ring (bicyclic) bond motifs is 4. The fourth-order valence-corrected chi connectivity index (χ4v) is 5.80. The molecule has 2 aliphatic heterocycles. The summed E-state index contributed by atoms with van der Waals surface area (Å²) in [7, 11) is 0. The van der Waals surface area contributed by atoms with E-state index in [0.29, 0.717) is 10.6 Å². The van der Waals surface area contributed by atoms with E-state index in [0.717, 1.165) is 27.1 Å². The lowest BCUT2D eigenvalue weighted by atomic mass is 9.89. The number of hydrogen-bond acceptors (Lipinski definition) is 5. The van der Waals surface area contributed by atoms with Crippen LogP contribution in [0.3, 0.4) is 0 Å². The monoisotopic (exact) mass is 558 g/mol. The zero-order valence-electron chi connectivity index (χ0n) is 20.9. The van der Waals surface area contributed by atoms with Crippen molar-refractivity contribution in [3.05, 3.63) is 100 Å². The van der Waals surface area contributed by atoms with Crippen molar-refractivity contribution in [1.29, 1.82) is 0 Å². The van der Waals surface area contributed by atoms with Gasteiger partial charge in [-0.05, 0) is 41.5 Å². The molecule has 10 nitrogen and oxygen atoms in total. The molecule has 0 aliphatic carbocycles. The molecule has 4 aromatic rings. The second-order valence-corrected chi connectivity index (χ2v) is 10.1. The van der Waals surface area contributed by atoms with Crippen molar-refractivity contribution in [3.63, 3.8) is 0 Å². The molecule has 3 atom stereocenters. The Morgan fingerprint density at radius 2 is 1.80 bits per heavy atom. The first-order valence-corrected chi connectivity index (χ1v) is 12.9. The van der Waals surface area contributed by atoms with Crippen LogP contribution in [0.4, 0.5) is 10.5 Å². The van der Waals surface area contributed by atoms with Crippen LogP contribution in [-0.2, 0) is 16.0 Å². The number of halogens is 1. The quantitative estimate of drug-likeness (QED) is 0.267. The van der Waals surface area contributed by atoms with E-state index in [2.05, 4.69) is 10.3 Å². The molecular weight excluding hydrogens is 536 g/mol. The highest BCUT2D eigenvalue weighted by molar-refractivity contribution is 6.30. The van der Waals surface area contributed by atoms with Gasteiger partial charge < -0.3 is 20.5 Å². The van der Waals surface area contributed by atoms with Gasteiger partial charge in [0.25, 0.3) is 11.8 Å². The number of para-hydroxylation sites is 2. The summed E-state index contributed by atoms with van der Waals surface area (Å²) in [5, 5.41) is 22.3. The van der Waals surface area contributed by atoms with Gasteiger partial charge in [-0.3, -0.25) is 14.5 Å². The Morgan fingerprint density at radius 3 is 2.55 bits per heavy atom. The van der Waals surface area contributed by atoms with Crippen LogP contribution in [0, 0.1) is 0 Å². The molecule has 1 aromatic heterocycles. The minimum Gasteiger partial charge on any atom is -0.480 e. The summed E-state index contributed by atoms with van der Waals surface area (Å²) in [6, 6.07) is 17.1. The smallest absolute Gasteiger partial charge is 0.332 e. The predicted octanol–water partition coefficient (Wildman–Crippen LogP) is 3.48. The number of aliphatic hydroxyl groups excluding tert-OH is 1. The molecule has 0 saturated carbocycles. The van der Waals surface area contributed by atoms with Crippen molar-refractivity contribution < 1.29 is 29.4 Å². The van der Waals surface area contributed by atoms with Crippen molar-refractivity contribution in [2.75, 3.05) is 11.5 Å². The van der Waals surface area contributed by atoms with Gasteiger partial charge in [-0.1, -0.05) is 54.1 Å². The number of aromatic nitrogens is 1. The second-order valence-electron chi connectivity index (χ2n) is 9.67. The van der Waals surface area contributed by atoms with Crippen molar-refractivity contribution in [1.82, 2.24) is 15.2 Å². The maximum absolute atomic E-state index is 14.1. The first-order valence-electron chi connectivity index (χ1n) is 12.5. The van der Waals surface area contributed by atoms with Crippen LogP contribution in [0.15, 0.2) is 72.8 Å². The van der Waals surface area contributed by atoms with Crippen molar-refractivity contribution in [2.24, 2.45) is 0 Å². The van der Waals surface area contributed by atoms with E-state index in [4.69, 9.17) is 11.6 Å². The van der Waals surface area contributed by atoms with Gasteiger partial charge in [0.1, 0.15) is 12.1 Å². The average Bonchev–Trinajstić information content (AvgIpc) is 3.44. The van der Waals surface area contributed by atoms with Crippen LogP contribution in [0.5, 0.6) is 0 Å². The Labute approximate surface area is 232 Å². The number of carboxylic acid groups (broad SMARTS) is 1. The Balaban J connectivity index is 1.46. The third kappa shape index (κ3) is 4.00. The van der Waals surface area contributed by atoms with E-state index < -0.39 is 48.5 Å². The lowest BCUT2D eigenvalue weighted by Crippen LogP contribution is -2.44. The molecule has 4 N–H and O–H groups in total. The molecule has 2 aliphatic rings. The van der Waals surface area contributed by atoms with Crippen molar-refractivity contribution >= 4 is 52.0 Å². The molecule has 1 fully saturated rings. The van der Waals surface area contributed by atoms with Crippen LogP contribution in [0.25, 0.3) is 10.9 Å². The number of anilines is 1. The highest BCUT2D eigenvalue weighted by atomic mass is 35.5. The summed E-state index contributed by atoms with van der Waals surface area (Å²) in [5.74, 6) is -2.77. The van der Waals surface area contributed by atoms with Gasteiger partial charge in [0.15, 0.2) is 6.04 Å². The number of carboxylic acids is 1. The largest absolute Gasteiger partial charge is 0.480 e. The topological polar surface area (TPSA) is 143 Å². The Bertz CT molecular complexity index is 1700. The average molecular weight is 559 g/mol. The number of hydrogen-bond donors (Lipinski definition) is 4. The maximum Gasteiger partial charge on any atom is 0.332 e. The standard InChI is InChI=1S/C29H23ClN4O6/c30-16-7-5-6-15(12-16)25-24-19(17-8-1-3-10-20(17)31-24)13-23-27(37)34(29(40)33(23)25)22-11-4-2-9-18(22)26(36)32-21(14-35)28(38)39/h1-12,21,23,25,31,35H,13-14H2,(H,32,36)(H,38,39). The molecule has 1 saturated heterocycles. The number of nitrogens with zero attached hydrogens (tertiary/aromatic N) is 2. The van der Waals surface area contributed by atoms with Gasteiger partial charge in [0.2, 0.25) is 0 Å². The zero-order chi connectivity index (χ0) is 28.1. The summed E-state index contributed by atoms with van der Waals surface area (Å²) in [4.78, 5) is 58.5. The highest BCUT2D eigenvalue weighted by Gasteiger charge is 2.53.